The van der Waals surface area contributed by atoms with E-state index in [0.29, 0.717) is 23.7 Å². The average molecular weight is 458 g/mol. The highest BCUT2D eigenvalue weighted by Crippen LogP contribution is 2.19. The van der Waals surface area contributed by atoms with Crippen molar-refractivity contribution in [2.45, 2.75) is 46.5 Å². The van der Waals surface area contributed by atoms with Crippen LogP contribution in [0.1, 0.15) is 54.1 Å². The van der Waals surface area contributed by atoms with Crippen molar-refractivity contribution in [3.63, 3.8) is 0 Å². The lowest BCUT2D eigenvalue weighted by Crippen LogP contribution is -2.49. The fourth-order valence-electron chi connectivity index (χ4n) is 2.96. The van der Waals surface area contributed by atoms with Gasteiger partial charge in [0.1, 0.15) is 11.5 Å². The highest BCUT2D eigenvalue weighted by molar-refractivity contribution is 7.80. The molecule has 2 amide bonds. The van der Waals surface area contributed by atoms with Crippen molar-refractivity contribution < 1.29 is 19.1 Å². The topological polar surface area (TPSA) is 88.7 Å². The van der Waals surface area contributed by atoms with E-state index in [9.17, 15) is 9.59 Å². The van der Waals surface area contributed by atoms with Crippen LogP contribution >= 0.6 is 12.2 Å². The second-order valence-electron chi connectivity index (χ2n) is 7.42. The van der Waals surface area contributed by atoms with Crippen molar-refractivity contribution in [3.05, 3.63) is 59.2 Å². The maximum absolute atomic E-state index is 12.6. The summed E-state index contributed by atoms with van der Waals surface area (Å²) in [6, 6.07) is 12.7. The molecule has 0 radical (unpaired) electrons. The van der Waals surface area contributed by atoms with Gasteiger partial charge in [0.25, 0.3) is 11.8 Å². The van der Waals surface area contributed by atoms with Gasteiger partial charge in [0.15, 0.2) is 11.7 Å². The van der Waals surface area contributed by atoms with Gasteiger partial charge in [-0.05, 0) is 56.2 Å². The van der Waals surface area contributed by atoms with Gasteiger partial charge in [0.05, 0.1) is 12.2 Å². The molecule has 0 aliphatic carbocycles. The summed E-state index contributed by atoms with van der Waals surface area (Å²) in [5, 5.41) is 2.50. The predicted octanol–water partition coefficient (Wildman–Crippen LogP) is 3.98. The van der Waals surface area contributed by atoms with Crippen LogP contribution in [0.25, 0.3) is 0 Å². The average Bonchev–Trinajstić information content (AvgIpc) is 2.77. The number of para-hydroxylation sites is 1. The third kappa shape index (κ3) is 8.55. The number of nitrogens with one attached hydrogen (secondary N) is 3. The van der Waals surface area contributed by atoms with Gasteiger partial charge in [-0.15, -0.1) is 0 Å². The molecule has 8 heteroatoms. The van der Waals surface area contributed by atoms with E-state index >= 15 is 0 Å². The Morgan fingerprint density at radius 2 is 1.72 bits per heavy atom. The number of carbonyl (C=O) groups is 2. The van der Waals surface area contributed by atoms with E-state index in [1.165, 1.54) is 0 Å². The van der Waals surface area contributed by atoms with Gasteiger partial charge in [-0.1, -0.05) is 56.0 Å². The zero-order chi connectivity index (χ0) is 23.3. The number of unbranched alkanes of at least 4 members (excludes halogenated alkanes) is 3. The second kappa shape index (κ2) is 13.3. The summed E-state index contributed by atoms with van der Waals surface area (Å²) >= 11 is 5.10. The van der Waals surface area contributed by atoms with E-state index < -0.39 is 11.8 Å². The summed E-state index contributed by atoms with van der Waals surface area (Å²) in [6.45, 7) is 6.40. The van der Waals surface area contributed by atoms with Gasteiger partial charge in [0.2, 0.25) is 0 Å². The molecule has 0 bridgehead atoms. The first-order valence-corrected chi connectivity index (χ1v) is 11.1. The molecule has 0 saturated carbocycles. The predicted molar refractivity (Wildman–Crippen MR) is 129 cm³/mol. The van der Waals surface area contributed by atoms with Crippen LogP contribution < -0.4 is 25.6 Å². The smallest absolute Gasteiger partial charge is 0.276 e. The van der Waals surface area contributed by atoms with Gasteiger partial charge >= 0.3 is 0 Å². The lowest BCUT2D eigenvalue weighted by atomic mass is 10.1. The van der Waals surface area contributed by atoms with Gasteiger partial charge in [-0.2, -0.15) is 0 Å². The largest absolute Gasteiger partial charge is 0.493 e. The van der Waals surface area contributed by atoms with E-state index in [1.54, 1.807) is 18.2 Å². The highest BCUT2D eigenvalue weighted by atomic mass is 32.1. The van der Waals surface area contributed by atoms with Gasteiger partial charge in [-0.3, -0.25) is 25.8 Å². The summed E-state index contributed by atoms with van der Waals surface area (Å²) in [5.41, 5.74) is 7.35. The molecule has 2 aromatic rings. The molecular weight excluding hydrogens is 426 g/mol. The number of ether oxygens (including phenoxy) is 2. The van der Waals surface area contributed by atoms with Crippen LogP contribution in [0.15, 0.2) is 42.5 Å². The summed E-state index contributed by atoms with van der Waals surface area (Å²) in [4.78, 5) is 24.6. The quantitative estimate of drug-likeness (QED) is 0.284. The maximum Gasteiger partial charge on any atom is 0.276 e. The van der Waals surface area contributed by atoms with Gasteiger partial charge < -0.3 is 9.47 Å². The van der Waals surface area contributed by atoms with Crippen LogP contribution in [0.4, 0.5) is 0 Å². The normalized spacial score (nSPS) is 10.2. The number of amides is 2. The molecule has 32 heavy (non-hydrogen) atoms. The molecule has 0 unspecified atom stereocenters. The molecule has 7 nitrogen and oxygen atoms in total. The summed E-state index contributed by atoms with van der Waals surface area (Å²) in [7, 11) is 0. The van der Waals surface area contributed by atoms with E-state index in [4.69, 9.17) is 21.7 Å². The Balaban J connectivity index is 1.77. The minimum Gasteiger partial charge on any atom is -0.493 e. The standard InChI is InChI=1S/C24H31N3O4S/c1-4-5-6-9-14-30-21-11-8-7-10-19(21)23(29)25-24(32)27-26-22(28)16-31-20-13-12-17(2)15-18(20)3/h7-8,10-13,15H,4-6,9,14,16H2,1-3H3,(H,26,28)(H2,25,27,29,32). The van der Waals surface area contributed by atoms with Crippen molar-refractivity contribution in [3.8, 4) is 11.5 Å². The number of hydrazine groups is 1. The van der Waals surface area contributed by atoms with Gasteiger partial charge in [0, 0.05) is 0 Å². The third-order valence-electron chi connectivity index (χ3n) is 4.62. The molecule has 2 rings (SSSR count). The van der Waals surface area contributed by atoms with Crippen molar-refractivity contribution in [1.29, 1.82) is 0 Å². The molecule has 0 aliphatic rings. The van der Waals surface area contributed by atoms with E-state index in [-0.39, 0.29) is 11.7 Å². The molecule has 2 aromatic carbocycles. The summed E-state index contributed by atoms with van der Waals surface area (Å²) in [6.07, 6.45) is 4.33. The maximum atomic E-state index is 12.6. The highest BCUT2D eigenvalue weighted by Gasteiger charge is 2.14. The number of carbonyl (C=O) groups excluding carboxylic acids is 2. The minimum absolute atomic E-state index is 0.0346. The van der Waals surface area contributed by atoms with E-state index in [1.807, 2.05) is 38.1 Å². The number of hydrogen-bond acceptors (Lipinski definition) is 5. The van der Waals surface area contributed by atoms with Crippen molar-refractivity contribution in [2.24, 2.45) is 0 Å². The molecule has 0 aromatic heterocycles. The number of thiocarbonyl (C=S) groups is 1. The molecular formula is C24H31N3O4S. The summed E-state index contributed by atoms with van der Waals surface area (Å²) < 4.78 is 11.3. The molecule has 0 heterocycles. The Morgan fingerprint density at radius 1 is 0.938 bits per heavy atom. The molecule has 0 atom stereocenters. The summed E-state index contributed by atoms with van der Waals surface area (Å²) in [5.74, 6) is 0.271. The van der Waals surface area contributed by atoms with Gasteiger partial charge in [-0.25, -0.2) is 0 Å². The Hall–Kier alpha value is -3.13. The number of hydrogen-bond donors (Lipinski definition) is 3. The third-order valence-corrected chi connectivity index (χ3v) is 4.82. The molecule has 0 aliphatic heterocycles. The van der Waals surface area contributed by atoms with Crippen LogP contribution in [0, 0.1) is 13.8 Å². The van der Waals surface area contributed by atoms with E-state index in [2.05, 4.69) is 23.1 Å². The fourth-order valence-corrected chi connectivity index (χ4v) is 3.10. The first-order valence-electron chi connectivity index (χ1n) is 10.7. The SMILES string of the molecule is CCCCCCOc1ccccc1C(=O)NC(=S)NNC(=O)COc1ccc(C)cc1C. The molecule has 0 fully saturated rings. The molecule has 172 valence electrons. The second-order valence-corrected chi connectivity index (χ2v) is 7.83. The van der Waals surface area contributed by atoms with Crippen molar-refractivity contribution >= 4 is 29.1 Å². The lowest BCUT2D eigenvalue weighted by molar-refractivity contribution is -0.123. The Morgan fingerprint density at radius 3 is 2.47 bits per heavy atom. The van der Waals surface area contributed by atoms with Crippen molar-refractivity contribution in [1.82, 2.24) is 16.2 Å². The van der Waals surface area contributed by atoms with Crippen LogP contribution in [0.2, 0.25) is 0 Å². The zero-order valence-electron chi connectivity index (χ0n) is 18.8. The Kier molecular flexibility index (Phi) is 10.5. The zero-order valence-corrected chi connectivity index (χ0v) is 19.6. The van der Waals surface area contributed by atoms with Crippen molar-refractivity contribution in [2.75, 3.05) is 13.2 Å². The number of aryl methyl sites for hydroxylation is 2. The Labute approximate surface area is 194 Å². The lowest BCUT2D eigenvalue weighted by Gasteiger charge is -2.14. The van der Waals surface area contributed by atoms with Crippen LogP contribution in [-0.4, -0.2) is 30.1 Å². The number of rotatable bonds is 10. The molecule has 0 spiro atoms. The Bertz CT molecular complexity index is 933. The molecule has 0 saturated heterocycles. The minimum atomic E-state index is -0.433. The molecule has 3 N–H and O–H groups in total. The first-order chi connectivity index (χ1) is 15.4. The monoisotopic (exact) mass is 457 g/mol. The fraction of sp³-hybridized carbons (Fsp3) is 0.375. The number of benzene rings is 2. The van der Waals surface area contributed by atoms with E-state index in [0.717, 1.165) is 36.8 Å². The van der Waals surface area contributed by atoms with Crippen LogP contribution in [-0.2, 0) is 4.79 Å². The van der Waals surface area contributed by atoms with Crippen LogP contribution in [0.5, 0.6) is 11.5 Å². The first kappa shape index (κ1) is 25.1. The van der Waals surface area contributed by atoms with Crippen LogP contribution in [0.3, 0.4) is 0 Å².